The molecule has 0 amide bonds. The zero-order chi connectivity index (χ0) is 13.4. The molecule has 0 saturated carbocycles. The fourth-order valence-electron chi connectivity index (χ4n) is 2.01. The molecule has 0 bridgehead atoms. The maximum atomic E-state index is 13.0. The molecule has 0 N–H and O–H groups in total. The van der Waals surface area contributed by atoms with Crippen LogP contribution in [-0.4, -0.2) is 12.2 Å². The van der Waals surface area contributed by atoms with Crippen LogP contribution in [0, 0.1) is 0 Å². The molecule has 0 heterocycles. The van der Waals surface area contributed by atoms with Gasteiger partial charge in [-0.15, -0.1) is 0 Å². The molecule has 0 radical (unpaired) electrons. The van der Waals surface area contributed by atoms with Gasteiger partial charge in [0, 0.05) is 6.42 Å². The van der Waals surface area contributed by atoms with Crippen molar-refractivity contribution in [1.29, 1.82) is 0 Å². The Kier molecular flexibility index (Phi) is 6.55. The van der Waals surface area contributed by atoms with Crippen LogP contribution in [0.5, 0.6) is 0 Å². The first-order valence-electron chi connectivity index (χ1n) is 6.52. The van der Waals surface area contributed by atoms with E-state index in [-0.39, 0.29) is 12.2 Å². The van der Waals surface area contributed by atoms with E-state index in [2.05, 4.69) is 6.92 Å². The van der Waals surface area contributed by atoms with E-state index in [1.807, 2.05) is 0 Å². The van der Waals surface area contributed by atoms with Crippen LogP contribution < -0.4 is 0 Å². The Morgan fingerprint density at radius 2 is 1.78 bits per heavy atom. The Labute approximate surface area is 107 Å². The Bertz CT molecular complexity index is 349. The third kappa shape index (κ3) is 4.55. The zero-order valence-corrected chi connectivity index (χ0v) is 10.7. The molecule has 3 heteroatoms. The number of carbonyl (C=O) groups is 1. The minimum absolute atomic E-state index is 0.254. The molecule has 0 fully saturated rings. The summed E-state index contributed by atoms with van der Waals surface area (Å²) in [5.74, 6) is -1.60. The summed E-state index contributed by atoms with van der Waals surface area (Å²) in [5.41, 5.74) is 0.424. The average molecular weight is 254 g/mol. The highest BCUT2D eigenvalue weighted by atomic mass is 19.3. The van der Waals surface area contributed by atoms with Gasteiger partial charge in [0.15, 0.2) is 0 Å². The molecule has 1 rings (SSSR count). The second-order valence-corrected chi connectivity index (χ2v) is 4.50. The van der Waals surface area contributed by atoms with Gasteiger partial charge in [-0.05, 0) is 12.0 Å². The zero-order valence-electron chi connectivity index (χ0n) is 10.7. The van der Waals surface area contributed by atoms with Crippen molar-refractivity contribution in [2.24, 2.45) is 0 Å². The molecule has 18 heavy (non-hydrogen) atoms. The lowest BCUT2D eigenvalue weighted by Crippen LogP contribution is -2.20. The number of hydrogen-bond donors (Lipinski definition) is 0. The number of unbranched alkanes of at least 4 members (excludes halogenated alkanes) is 3. The first-order chi connectivity index (χ1) is 8.66. The summed E-state index contributed by atoms with van der Waals surface area (Å²) in [6.07, 6.45) is 1.41. The SMILES string of the molecule is CCCCCCC(=O)C(c1ccccc1)C(F)F. The third-order valence-corrected chi connectivity index (χ3v) is 3.03. The van der Waals surface area contributed by atoms with E-state index in [4.69, 9.17) is 0 Å². The highest BCUT2D eigenvalue weighted by Crippen LogP contribution is 2.26. The molecule has 1 aromatic rings. The lowest BCUT2D eigenvalue weighted by atomic mass is 9.92. The largest absolute Gasteiger partial charge is 0.299 e. The molecule has 1 unspecified atom stereocenters. The molecule has 0 saturated heterocycles. The fourth-order valence-corrected chi connectivity index (χ4v) is 2.01. The van der Waals surface area contributed by atoms with Crippen LogP contribution >= 0.6 is 0 Å². The third-order valence-electron chi connectivity index (χ3n) is 3.03. The molecule has 0 aliphatic heterocycles. The Morgan fingerprint density at radius 1 is 1.11 bits per heavy atom. The van der Waals surface area contributed by atoms with E-state index < -0.39 is 12.3 Å². The van der Waals surface area contributed by atoms with Crippen molar-refractivity contribution in [3.05, 3.63) is 35.9 Å². The number of hydrogen-bond acceptors (Lipinski definition) is 1. The van der Waals surface area contributed by atoms with Crippen molar-refractivity contribution in [2.45, 2.75) is 51.4 Å². The van der Waals surface area contributed by atoms with Crippen LogP contribution in [0.4, 0.5) is 8.78 Å². The van der Waals surface area contributed by atoms with Gasteiger partial charge < -0.3 is 0 Å². The van der Waals surface area contributed by atoms with E-state index in [1.165, 1.54) is 0 Å². The highest BCUT2D eigenvalue weighted by Gasteiger charge is 2.28. The van der Waals surface area contributed by atoms with Crippen LogP contribution in [0.3, 0.4) is 0 Å². The summed E-state index contributed by atoms with van der Waals surface area (Å²) in [5, 5.41) is 0. The van der Waals surface area contributed by atoms with Gasteiger partial charge in [-0.3, -0.25) is 4.79 Å². The van der Waals surface area contributed by atoms with Crippen molar-refractivity contribution >= 4 is 5.78 Å². The first kappa shape index (κ1) is 14.8. The first-order valence-corrected chi connectivity index (χ1v) is 6.52. The molecule has 0 spiro atoms. The molecule has 0 aromatic heterocycles. The molecule has 1 nitrogen and oxygen atoms in total. The molecule has 100 valence electrons. The highest BCUT2D eigenvalue weighted by molar-refractivity contribution is 5.86. The van der Waals surface area contributed by atoms with E-state index in [1.54, 1.807) is 30.3 Å². The number of Topliss-reactive ketones (excluding diaryl/α,β-unsaturated/α-hetero) is 1. The second kappa shape index (κ2) is 7.96. The lowest BCUT2D eigenvalue weighted by Gasteiger charge is -2.15. The van der Waals surface area contributed by atoms with E-state index >= 15 is 0 Å². The van der Waals surface area contributed by atoms with Crippen LogP contribution in [-0.2, 0) is 4.79 Å². The predicted octanol–water partition coefficient (Wildman–Crippen LogP) is 4.57. The van der Waals surface area contributed by atoms with E-state index in [0.717, 1.165) is 19.3 Å². The van der Waals surface area contributed by atoms with Crippen LogP contribution in [0.25, 0.3) is 0 Å². The topological polar surface area (TPSA) is 17.1 Å². The maximum Gasteiger partial charge on any atom is 0.252 e. The summed E-state index contributed by atoms with van der Waals surface area (Å²) in [6, 6.07) is 8.34. The van der Waals surface area contributed by atoms with Gasteiger partial charge in [0.05, 0.1) is 0 Å². The van der Waals surface area contributed by atoms with Crippen molar-refractivity contribution in [1.82, 2.24) is 0 Å². The summed E-state index contributed by atoms with van der Waals surface area (Å²) in [4.78, 5) is 11.9. The lowest BCUT2D eigenvalue weighted by molar-refractivity contribution is -0.123. The van der Waals surface area contributed by atoms with Crippen molar-refractivity contribution < 1.29 is 13.6 Å². The van der Waals surface area contributed by atoms with Crippen molar-refractivity contribution in [2.75, 3.05) is 0 Å². The average Bonchev–Trinajstić information content (AvgIpc) is 2.36. The number of carbonyl (C=O) groups excluding carboxylic acids is 1. The molecule has 1 aromatic carbocycles. The maximum absolute atomic E-state index is 13.0. The van der Waals surface area contributed by atoms with E-state index in [9.17, 15) is 13.6 Å². The molecule has 1 atom stereocenters. The number of benzene rings is 1. The van der Waals surface area contributed by atoms with Gasteiger partial charge in [0.2, 0.25) is 0 Å². The monoisotopic (exact) mass is 254 g/mol. The van der Waals surface area contributed by atoms with Crippen LogP contribution in [0.1, 0.15) is 50.5 Å². The minimum Gasteiger partial charge on any atom is -0.299 e. The number of ketones is 1. The van der Waals surface area contributed by atoms with Gasteiger partial charge in [-0.1, -0.05) is 56.5 Å². The van der Waals surface area contributed by atoms with Crippen LogP contribution in [0.2, 0.25) is 0 Å². The van der Waals surface area contributed by atoms with Crippen molar-refractivity contribution in [3.8, 4) is 0 Å². The number of halogens is 2. The Hall–Kier alpha value is -1.25. The summed E-state index contributed by atoms with van der Waals surface area (Å²) in [6.45, 7) is 2.08. The summed E-state index contributed by atoms with van der Waals surface area (Å²) >= 11 is 0. The normalized spacial score (nSPS) is 12.7. The number of rotatable bonds is 8. The smallest absolute Gasteiger partial charge is 0.252 e. The number of alkyl halides is 2. The Morgan fingerprint density at radius 3 is 2.33 bits per heavy atom. The molecule has 0 aliphatic carbocycles. The predicted molar refractivity (Wildman–Crippen MR) is 69.0 cm³/mol. The van der Waals surface area contributed by atoms with Gasteiger partial charge in [-0.25, -0.2) is 8.78 Å². The van der Waals surface area contributed by atoms with Gasteiger partial charge in [-0.2, -0.15) is 0 Å². The molecular formula is C15H20F2O. The quantitative estimate of drug-likeness (QED) is 0.621. The minimum atomic E-state index is -2.62. The molecular weight excluding hydrogens is 234 g/mol. The summed E-state index contributed by atoms with van der Waals surface area (Å²) in [7, 11) is 0. The Balaban J connectivity index is 2.60. The molecule has 0 aliphatic rings. The summed E-state index contributed by atoms with van der Waals surface area (Å²) < 4.78 is 26.0. The van der Waals surface area contributed by atoms with Gasteiger partial charge in [0.1, 0.15) is 11.7 Å². The standard InChI is InChI=1S/C15H20F2O/c1-2-3-4-8-11-13(18)14(15(16)17)12-9-6-5-7-10-12/h5-7,9-10,14-15H,2-4,8,11H2,1H3. The van der Waals surface area contributed by atoms with Gasteiger partial charge in [0.25, 0.3) is 6.43 Å². The van der Waals surface area contributed by atoms with Crippen molar-refractivity contribution in [3.63, 3.8) is 0 Å². The van der Waals surface area contributed by atoms with E-state index in [0.29, 0.717) is 12.0 Å². The second-order valence-electron chi connectivity index (χ2n) is 4.50. The van der Waals surface area contributed by atoms with Crippen LogP contribution in [0.15, 0.2) is 30.3 Å². The van der Waals surface area contributed by atoms with Gasteiger partial charge >= 0.3 is 0 Å². The fraction of sp³-hybridized carbons (Fsp3) is 0.533.